The van der Waals surface area contributed by atoms with Gasteiger partial charge in [0.2, 0.25) is 10.0 Å². The quantitative estimate of drug-likeness (QED) is 0.446. The van der Waals surface area contributed by atoms with Gasteiger partial charge in [0, 0.05) is 36.9 Å². The summed E-state index contributed by atoms with van der Waals surface area (Å²) >= 11 is 0. The zero-order valence-electron chi connectivity index (χ0n) is 14.8. The Morgan fingerprint density at radius 3 is 2.69 bits per heavy atom. The summed E-state index contributed by atoms with van der Waals surface area (Å²) in [4.78, 5) is 10.4. The van der Waals surface area contributed by atoms with Crippen molar-refractivity contribution in [2.24, 2.45) is 16.9 Å². The van der Waals surface area contributed by atoms with Crippen LogP contribution in [0, 0.1) is 22.0 Å². The number of nitro benzene ring substituents is 1. The van der Waals surface area contributed by atoms with E-state index in [2.05, 4.69) is 22.7 Å². The third-order valence-electron chi connectivity index (χ3n) is 4.98. The Balaban J connectivity index is 1.94. The molecule has 9 heteroatoms. The molecule has 0 saturated heterocycles. The SMILES string of the molecule is CCN(CC)S(=O)(=O)c1cc([N+](=O)[O-])ccc1N/N=C1\C[C@H]2C=CC[C@@H]12. The van der Waals surface area contributed by atoms with Crippen LogP contribution in [-0.2, 0) is 10.0 Å². The molecule has 0 heterocycles. The number of hydrogen-bond acceptors (Lipinski definition) is 6. The van der Waals surface area contributed by atoms with E-state index in [-0.39, 0.29) is 29.4 Å². The predicted molar refractivity (Wildman–Crippen MR) is 99.6 cm³/mol. The molecule has 0 aromatic heterocycles. The molecule has 26 heavy (non-hydrogen) atoms. The van der Waals surface area contributed by atoms with E-state index in [1.54, 1.807) is 13.8 Å². The second-order valence-electron chi connectivity index (χ2n) is 6.38. The van der Waals surface area contributed by atoms with E-state index in [0.29, 0.717) is 11.8 Å². The van der Waals surface area contributed by atoms with E-state index in [0.717, 1.165) is 24.6 Å². The largest absolute Gasteiger partial charge is 0.277 e. The number of nitrogens with zero attached hydrogens (tertiary/aromatic N) is 3. The van der Waals surface area contributed by atoms with Crippen LogP contribution in [0.3, 0.4) is 0 Å². The molecule has 2 atom stereocenters. The molecule has 1 aromatic rings. The van der Waals surface area contributed by atoms with Crippen molar-refractivity contribution in [2.45, 2.75) is 31.6 Å². The number of sulfonamides is 1. The van der Waals surface area contributed by atoms with Crippen LogP contribution >= 0.6 is 0 Å². The molecule has 0 spiro atoms. The highest BCUT2D eigenvalue weighted by atomic mass is 32.2. The van der Waals surface area contributed by atoms with Crippen molar-refractivity contribution >= 4 is 27.1 Å². The van der Waals surface area contributed by atoms with Gasteiger partial charge in [-0.1, -0.05) is 26.0 Å². The maximum absolute atomic E-state index is 12.9. The number of rotatable bonds is 7. The number of fused-ring (bicyclic) bond motifs is 1. The smallest absolute Gasteiger partial charge is 0.270 e. The van der Waals surface area contributed by atoms with Gasteiger partial charge in [-0.25, -0.2) is 8.42 Å². The molecule has 1 fully saturated rings. The summed E-state index contributed by atoms with van der Waals surface area (Å²) in [6, 6.07) is 3.78. The van der Waals surface area contributed by atoms with Crippen LogP contribution in [0.15, 0.2) is 40.3 Å². The number of benzene rings is 1. The minimum Gasteiger partial charge on any atom is -0.277 e. The maximum Gasteiger partial charge on any atom is 0.270 e. The number of nitro groups is 1. The zero-order valence-corrected chi connectivity index (χ0v) is 15.6. The summed E-state index contributed by atoms with van der Waals surface area (Å²) < 4.78 is 27.1. The fraction of sp³-hybridized carbons (Fsp3) is 0.471. The molecule has 8 nitrogen and oxygen atoms in total. The van der Waals surface area contributed by atoms with Crippen molar-refractivity contribution in [3.63, 3.8) is 0 Å². The van der Waals surface area contributed by atoms with Crippen LogP contribution < -0.4 is 5.43 Å². The molecule has 3 rings (SSSR count). The number of nitrogens with one attached hydrogen (secondary N) is 1. The molecular formula is C17H22N4O4S. The second kappa shape index (κ2) is 7.16. The van der Waals surface area contributed by atoms with Crippen LogP contribution in [0.5, 0.6) is 0 Å². The van der Waals surface area contributed by atoms with Crippen molar-refractivity contribution in [1.82, 2.24) is 4.31 Å². The Bertz CT molecular complexity index is 875. The maximum atomic E-state index is 12.9. The average molecular weight is 378 g/mol. The Hall–Kier alpha value is -2.26. The van der Waals surface area contributed by atoms with Gasteiger partial charge in [-0.05, 0) is 24.8 Å². The lowest BCUT2D eigenvalue weighted by Gasteiger charge is -2.32. The van der Waals surface area contributed by atoms with Gasteiger partial charge in [0.05, 0.1) is 10.6 Å². The van der Waals surface area contributed by atoms with Crippen molar-refractivity contribution in [3.8, 4) is 0 Å². The first kappa shape index (κ1) is 18.5. The molecule has 2 aliphatic rings. The highest BCUT2D eigenvalue weighted by Gasteiger charge is 2.38. The van der Waals surface area contributed by atoms with E-state index in [9.17, 15) is 18.5 Å². The predicted octanol–water partition coefficient (Wildman–Crippen LogP) is 2.99. The summed E-state index contributed by atoms with van der Waals surface area (Å²) in [5.41, 5.74) is 3.83. The first-order valence-corrected chi connectivity index (χ1v) is 10.1. The van der Waals surface area contributed by atoms with Crippen molar-refractivity contribution in [3.05, 3.63) is 40.5 Å². The van der Waals surface area contributed by atoms with E-state index in [1.165, 1.54) is 16.4 Å². The van der Waals surface area contributed by atoms with E-state index in [4.69, 9.17) is 0 Å². The number of allylic oxidation sites excluding steroid dienone is 2. The topological polar surface area (TPSA) is 105 Å². The molecule has 140 valence electrons. The summed E-state index contributed by atoms with van der Waals surface area (Å²) in [5, 5.41) is 15.5. The molecule has 0 aliphatic heterocycles. The van der Waals surface area contributed by atoms with Crippen molar-refractivity contribution < 1.29 is 13.3 Å². The number of non-ortho nitro benzene ring substituents is 1. The van der Waals surface area contributed by atoms with Gasteiger partial charge >= 0.3 is 0 Å². The van der Waals surface area contributed by atoms with Gasteiger partial charge in [0.25, 0.3) is 5.69 Å². The normalized spacial score (nSPS) is 23.1. The van der Waals surface area contributed by atoms with Gasteiger partial charge in [-0.2, -0.15) is 9.41 Å². The molecule has 0 bridgehead atoms. The zero-order chi connectivity index (χ0) is 18.9. The van der Waals surface area contributed by atoms with Crippen LogP contribution in [0.1, 0.15) is 26.7 Å². The number of hydrazone groups is 1. The van der Waals surface area contributed by atoms with Crippen molar-refractivity contribution in [1.29, 1.82) is 0 Å². The molecule has 1 N–H and O–H groups in total. The van der Waals surface area contributed by atoms with Crippen molar-refractivity contribution in [2.75, 3.05) is 18.5 Å². The van der Waals surface area contributed by atoms with Crippen LogP contribution in [0.2, 0.25) is 0 Å². The molecule has 1 saturated carbocycles. The highest BCUT2D eigenvalue weighted by Crippen LogP contribution is 2.40. The minimum absolute atomic E-state index is 0.125. The summed E-state index contributed by atoms with van der Waals surface area (Å²) in [7, 11) is -3.86. The Morgan fingerprint density at radius 2 is 2.08 bits per heavy atom. The highest BCUT2D eigenvalue weighted by molar-refractivity contribution is 7.89. The lowest BCUT2D eigenvalue weighted by Crippen LogP contribution is -2.34. The standard InChI is InChI=1S/C17H22N4O4S/c1-3-20(4-2)26(24,25)17-11-13(21(22)23)8-9-15(17)18-19-16-10-12-6-5-7-14(12)16/h5-6,8-9,11-12,14,18H,3-4,7,10H2,1-2H3/b19-16+/t12-,14-/m1/s1. The van der Waals surface area contributed by atoms with E-state index >= 15 is 0 Å². The van der Waals surface area contributed by atoms with Gasteiger partial charge in [0.15, 0.2) is 0 Å². The third kappa shape index (κ3) is 3.24. The fourth-order valence-corrected chi connectivity index (χ4v) is 5.05. The summed E-state index contributed by atoms with van der Waals surface area (Å²) in [6.07, 6.45) is 6.14. The monoisotopic (exact) mass is 378 g/mol. The molecule has 0 amide bonds. The molecule has 0 unspecified atom stereocenters. The number of hydrogen-bond donors (Lipinski definition) is 1. The Labute approximate surface area is 152 Å². The second-order valence-corrected chi connectivity index (χ2v) is 8.29. The first-order chi connectivity index (χ1) is 12.4. The Kier molecular flexibility index (Phi) is 5.10. The molecule has 2 aliphatic carbocycles. The first-order valence-electron chi connectivity index (χ1n) is 8.66. The molecule has 1 aromatic carbocycles. The number of anilines is 1. The van der Waals surface area contributed by atoms with Crippen LogP contribution in [-0.4, -0.2) is 36.4 Å². The van der Waals surface area contributed by atoms with E-state index < -0.39 is 14.9 Å². The lowest BCUT2D eigenvalue weighted by atomic mass is 9.74. The lowest BCUT2D eigenvalue weighted by molar-refractivity contribution is -0.385. The minimum atomic E-state index is -3.86. The fourth-order valence-electron chi connectivity index (χ4n) is 3.43. The van der Waals surface area contributed by atoms with Gasteiger partial charge < -0.3 is 0 Å². The summed E-state index contributed by atoms with van der Waals surface area (Å²) in [6.45, 7) is 4.02. The third-order valence-corrected chi connectivity index (χ3v) is 7.07. The Morgan fingerprint density at radius 1 is 1.35 bits per heavy atom. The van der Waals surface area contributed by atoms with Gasteiger partial charge in [0.1, 0.15) is 4.90 Å². The molecule has 0 radical (unpaired) electrons. The molecular weight excluding hydrogens is 356 g/mol. The van der Waals surface area contributed by atoms with E-state index in [1.807, 2.05) is 0 Å². The average Bonchev–Trinajstić information content (AvgIpc) is 2.96. The van der Waals surface area contributed by atoms with Crippen LogP contribution in [0.25, 0.3) is 0 Å². The van der Waals surface area contributed by atoms with Crippen LogP contribution in [0.4, 0.5) is 11.4 Å². The van der Waals surface area contributed by atoms with Gasteiger partial charge in [-0.3, -0.25) is 15.5 Å². The summed E-state index contributed by atoms with van der Waals surface area (Å²) in [5.74, 6) is 0.926. The van der Waals surface area contributed by atoms with Gasteiger partial charge in [-0.15, -0.1) is 0 Å².